The number of carbonyl (C=O) groups excluding carboxylic acids is 1. The first-order valence-electron chi connectivity index (χ1n) is 8.22. The van der Waals surface area contributed by atoms with Crippen LogP contribution in [0.3, 0.4) is 0 Å². The Balaban J connectivity index is 1.44. The molecule has 1 fully saturated rings. The van der Waals surface area contributed by atoms with E-state index in [0.29, 0.717) is 23.1 Å². The monoisotopic (exact) mass is 361 g/mol. The zero-order valence-electron chi connectivity index (χ0n) is 13.7. The minimum Gasteiger partial charge on any atom is -0.491 e. The van der Waals surface area contributed by atoms with Crippen molar-refractivity contribution in [3.05, 3.63) is 53.6 Å². The van der Waals surface area contributed by atoms with E-state index in [9.17, 15) is 4.79 Å². The average molecular weight is 362 g/mol. The largest absolute Gasteiger partial charge is 0.491 e. The second kappa shape index (κ2) is 8.74. The number of halogens is 1. The number of anilines is 1. The molecule has 132 valence electrons. The third kappa shape index (κ3) is 5.37. The number of nitrogens with one attached hydrogen (secondary N) is 1. The first-order chi connectivity index (χ1) is 12.2. The highest BCUT2D eigenvalue weighted by molar-refractivity contribution is 6.32. The van der Waals surface area contributed by atoms with E-state index in [1.54, 1.807) is 36.4 Å². The summed E-state index contributed by atoms with van der Waals surface area (Å²) in [6, 6.07) is 14.3. The average Bonchev–Trinajstić information content (AvgIpc) is 3.14. The van der Waals surface area contributed by atoms with Crippen molar-refractivity contribution >= 4 is 23.2 Å². The smallest absolute Gasteiger partial charge is 0.262 e. The predicted octanol–water partition coefficient (Wildman–Crippen LogP) is 3.92. The van der Waals surface area contributed by atoms with Crippen molar-refractivity contribution in [2.24, 2.45) is 0 Å². The normalized spacial score (nSPS) is 16.4. The molecule has 1 aliphatic heterocycles. The van der Waals surface area contributed by atoms with Crippen molar-refractivity contribution < 1.29 is 19.0 Å². The molecule has 0 saturated carbocycles. The number of para-hydroxylation sites is 1. The molecule has 6 heteroatoms. The highest BCUT2D eigenvalue weighted by Gasteiger charge is 2.15. The van der Waals surface area contributed by atoms with Crippen molar-refractivity contribution in [2.75, 3.05) is 25.1 Å². The van der Waals surface area contributed by atoms with Gasteiger partial charge in [-0.15, -0.1) is 0 Å². The first-order valence-corrected chi connectivity index (χ1v) is 8.60. The van der Waals surface area contributed by atoms with Crippen LogP contribution in [0.15, 0.2) is 48.5 Å². The molecule has 1 N–H and O–H groups in total. The fourth-order valence-corrected chi connectivity index (χ4v) is 2.69. The van der Waals surface area contributed by atoms with E-state index < -0.39 is 0 Å². The lowest BCUT2D eigenvalue weighted by Gasteiger charge is -2.12. The van der Waals surface area contributed by atoms with E-state index >= 15 is 0 Å². The number of hydrogen-bond donors (Lipinski definition) is 1. The van der Waals surface area contributed by atoms with Crippen LogP contribution >= 0.6 is 11.6 Å². The zero-order chi connectivity index (χ0) is 17.5. The molecule has 0 aliphatic carbocycles. The number of rotatable bonds is 7. The topological polar surface area (TPSA) is 56.8 Å². The molecule has 1 aliphatic rings. The van der Waals surface area contributed by atoms with Gasteiger partial charge in [-0.05, 0) is 49.2 Å². The van der Waals surface area contributed by atoms with Crippen LogP contribution in [-0.2, 0) is 9.53 Å². The van der Waals surface area contributed by atoms with Crippen LogP contribution in [0.2, 0.25) is 5.02 Å². The van der Waals surface area contributed by atoms with Gasteiger partial charge in [0.15, 0.2) is 6.61 Å². The van der Waals surface area contributed by atoms with E-state index in [1.165, 1.54) is 0 Å². The number of amides is 1. The lowest BCUT2D eigenvalue weighted by Crippen LogP contribution is -2.20. The summed E-state index contributed by atoms with van der Waals surface area (Å²) < 4.78 is 16.6. The minimum atomic E-state index is -0.257. The fraction of sp³-hybridized carbons (Fsp3) is 0.316. The van der Waals surface area contributed by atoms with Gasteiger partial charge in [0.05, 0.1) is 11.1 Å². The van der Waals surface area contributed by atoms with Crippen molar-refractivity contribution in [3.8, 4) is 11.5 Å². The number of carbonyl (C=O) groups is 1. The Hall–Kier alpha value is -2.24. The molecule has 1 saturated heterocycles. The molecule has 0 unspecified atom stereocenters. The van der Waals surface area contributed by atoms with Gasteiger partial charge in [0.25, 0.3) is 5.91 Å². The SMILES string of the molecule is O=C(COc1ccccc1Cl)Nc1ccc(OC[C@@H]2CCCO2)cc1. The summed E-state index contributed by atoms with van der Waals surface area (Å²) in [5, 5.41) is 3.24. The maximum atomic E-state index is 12.0. The van der Waals surface area contributed by atoms with Gasteiger partial charge in [-0.3, -0.25) is 4.79 Å². The predicted molar refractivity (Wildman–Crippen MR) is 96.5 cm³/mol. The quantitative estimate of drug-likeness (QED) is 0.812. The van der Waals surface area contributed by atoms with E-state index in [4.69, 9.17) is 25.8 Å². The van der Waals surface area contributed by atoms with Gasteiger partial charge in [-0.2, -0.15) is 0 Å². The third-order valence-corrected chi connectivity index (χ3v) is 4.11. The number of ether oxygens (including phenoxy) is 3. The van der Waals surface area contributed by atoms with Crippen LogP contribution in [0.1, 0.15) is 12.8 Å². The number of hydrogen-bond acceptors (Lipinski definition) is 4. The van der Waals surface area contributed by atoms with E-state index in [-0.39, 0.29) is 18.6 Å². The Kier molecular flexibility index (Phi) is 6.14. The Bertz CT molecular complexity index is 699. The lowest BCUT2D eigenvalue weighted by atomic mass is 10.2. The maximum Gasteiger partial charge on any atom is 0.262 e. The summed E-state index contributed by atoms with van der Waals surface area (Å²) in [4.78, 5) is 12.0. The first kappa shape index (κ1) is 17.6. The third-order valence-electron chi connectivity index (χ3n) is 3.79. The van der Waals surface area contributed by atoms with E-state index in [0.717, 1.165) is 25.2 Å². The van der Waals surface area contributed by atoms with Gasteiger partial charge in [-0.1, -0.05) is 23.7 Å². The van der Waals surface area contributed by atoms with Crippen LogP contribution in [0, 0.1) is 0 Å². The molecule has 0 aromatic heterocycles. The Morgan fingerprint density at radius 3 is 2.68 bits per heavy atom. The minimum absolute atomic E-state index is 0.110. The standard InChI is InChI=1S/C19H20ClNO4/c20-17-5-1-2-6-18(17)25-13-19(22)21-14-7-9-15(10-8-14)24-12-16-4-3-11-23-16/h1-2,5-10,16H,3-4,11-13H2,(H,21,22)/t16-/m0/s1. The van der Waals surface area contributed by atoms with Crippen LogP contribution in [-0.4, -0.2) is 31.8 Å². The Morgan fingerprint density at radius 2 is 1.96 bits per heavy atom. The molecular formula is C19H20ClNO4. The Morgan fingerprint density at radius 1 is 1.16 bits per heavy atom. The van der Waals surface area contributed by atoms with Crippen LogP contribution in [0.4, 0.5) is 5.69 Å². The second-order valence-corrected chi connectivity index (χ2v) is 6.14. The summed E-state index contributed by atoms with van der Waals surface area (Å²) in [7, 11) is 0. The van der Waals surface area contributed by atoms with E-state index in [1.807, 2.05) is 12.1 Å². The van der Waals surface area contributed by atoms with Crippen molar-refractivity contribution in [3.63, 3.8) is 0 Å². The summed E-state index contributed by atoms with van der Waals surface area (Å²) in [6.07, 6.45) is 2.32. The van der Waals surface area contributed by atoms with E-state index in [2.05, 4.69) is 5.32 Å². The summed E-state index contributed by atoms with van der Waals surface area (Å²) in [6.45, 7) is 1.26. The van der Waals surface area contributed by atoms with Gasteiger partial charge in [0.1, 0.15) is 18.1 Å². The van der Waals surface area contributed by atoms with Gasteiger partial charge < -0.3 is 19.5 Å². The summed E-state index contributed by atoms with van der Waals surface area (Å²) >= 11 is 5.98. The van der Waals surface area contributed by atoms with Crippen molar-refractivity contribution in [1.82, 2.24) is 0 Å². The van der Waals surface area contributed by atoms with Gasteiger partial charge in [0, 0.05) is 12.3 Å². The summed E-state index contributed by atoms with van der Waals surface area (Å²) in [5.41, 5.74) is 0.678. The molecular weight excluding hydrogens is 342 g/mol. The van der Waals surface area contributed by atoms with Gasteiger partial charge in [0.2, 0.25) is 0 Å². The molecule has 0 bridgehead atoms. The molecule has 1 atom stereocenters. The van der Waals surface area contributed by atoms with Crippen LogP contribution in [0.25, 0.3) is 0 Å². The molecule has 1 amide bonds. The molecule has 2 aromatic rings. The highest BCUT2D eigenvalue weighted by Crippen LogP contribution is 2.23. The van der Waals surface area contributed by atoms with Crippen molar-refractivity contribution in [2.45, 2.75) is 18.9 Å². The fourth-order valence-electron chi connectivity index (χ4n) is 2.50. The zero-order valence-corrected chi connectivity index (χ0v) is 14.5. The Labute approximate surface area is 151 Å². The maximum absolute atomic E-state index is 12.0. The molecule has 5 nitrogen and oxygen atoms in total. The molecule has 25 heavy (non-hydrogen) atoms. The van der Waals surface area contributed by atoms with Gasteiger partial charge >= 0.3 is 0 Å². The highest BCUT2D eigenvalue weighted by atomic mass is 35.5. The van der Waals surface area contributed by atoms with Crippen molar-refractivity contribution in [1.29, 1.82) is 0 Å². The second-order valence-electron chi connectivity index (χ2n) is 5.74. The molecule has 2 aromatic carbocycles. The lowest BCUT2D eigenvalue weighted by molar-refractivity contribution is -0.118. The molecule has 1 heterocycles. The summed E-state index contributed by atoms with van der Waals surface area (Å²) in [5.74, 6) is 0.978. The molecule has 3 rings (SSSR count). The molecule has 0 radical (unpaired) electrons. The number of benzene rings is 2. The van der Waals surface area contributed by atoms with Crippen LogP contribution < -0.4 is 14.8 Å². The molecule has 0 spiro atoms. The van der Waals surface area contributed by atoms with Gasteiger partial charge in [-0.25, -0.2) is 0 Å². The van der Waals surface area contributed by atoms with Crippen LogP contribution in [0.5, 0.6) is 11.5 Å².